The predicted molar refractivity (Wildman–Crippen MR) is 66.2 cm³/mol. The van der Waals surface area contributed by atoms with E-state index in [1.807, 2.05) is 13.1 Å². The molecule has 1 N–H and O–H groups in total. The van der Waals surface area contributed by atoms with Crippen molar-refractivity contribution in [2.75, 3.05) is 7.05 Å². The summed E-state index contributed by atoms with van der Waals surface area (Å²) in [5.41, 5.74) is 3.62. The van der Waals surface area contributed by atoms with E-state index in [0.717, 1.165) is 17.9 Å². The molecule has 0 saturated heterocycles. The first-order chi connectivity index (χ1) is 7.81. The standard InChI is InChI=1S/C13H15N3/c1-9(14-2)10-7-8-16-12-6-4-3-5-11(12)15-13(10)16/h3-7,9,14H,8H2,1-2H3/t9-/m1/s1. The molecule has 1 aromatic heterocycles. The number of nitrogens with zero attached hydrogens (tertiary/aromatic N) is 2. The molecule has 3 rings (SSSR count). The van der Waals surface area contributed by atoms with E-state index in [1.54, 1.807) is 0 Å². The Morgan fingerprint density at radius 3 is 3.00 bits per heavy atom. The van der Waals surface area contributed by atoms with Gasteiger partial charge < -0.3 is 9.88 Å². The highest BCUT2D eigenvalue weighted by Gasteiger charge is 2.21. The van der Waals surface area contributed by atoms with Crippen molar-refractivity contribution in [2.45, 2.75) is 19.5 Å². The third kappa shape index (κ3) is 1.21. The van der Waals surface area contributed by atoms with Gasteiger partial charge in [0.25, 0.3) is 0 Å². The minimum absolute atomic E-state index is 0.359. The summed E-state index contributed by atoms with van der Waals surface area (Å²) >= 11 is 0. The minimum atomic E-state index is 0.359. The number of likely N-dealkylation sites (N-methyl/N-ethyl adjacent to an activating group) is 1. The van der Waals surface area contributed by atoms with Gasteiger partial charge in [-0.25, -0.2) is 4.98 Å². The monoisotopic (exact) mass is 213 g/mol. The maximum Gasteiger partial charge on any atom is 0.138 e. The smallest absolute Gasteiger partial charge is 0.138 e. The molecule has 82 valence electrons. The van der Waals surface area contributed by atoms with Gasteiger partial charge in [0.15, 0.2) is 0 Å². The second kappa shape index (κ2) is 3.46. The third-order valence-electron chi connectivity index (χ3n) is 3.31. The Bertz CT molecular complexity index is 566. The summed E-state index contributed by atoms with van der Waals surface area (Å²) in [6.07, 6.45) is 2.26. The molecule has 2 aromatic rings. The van der Waals surface area contributed by atoms with Crippen LogP contribution >= 0.6 is 0 Å². The molecule has 0 spiro atoms. The Morgan fingerprint density at radius 1 is 1.38 bits per heavy atom. The molecule has 0 fully saturated rings. The minimum Gasteiger partial charge on any atom is -0.320 e. The normalized spacial score (nSPS) is 16.2. The lowest BCUT2D eigenvalue weighted by Crippen LogP contribution is -2.22. The number of hydrogen-bond acceptors (Lipinski definition) is 2. The zero-order chi connectivity index (χ0) is 11.1. The van der Waals surface area contributed by atoms with E-state index in [1.165, 1.54) is 11.1 Å². The molecular formula is C13H15N3. The van der Waals surface area contributed by atoms with Gasteiger partial charge in [0.1, 0.15) is 5.82 Å². The van der Waals surface area contributed by atoms with E-state index >= 15 is 0 Å². The van der Waals surface area contributed by atoms with Crippen molar-refractivity contribution >= 4 is 16.6 Å². The first-order valence-electron chi connectivity index (χ1n) is 5.64. The van der Waals surface area contributed by atoms with Crippen molar-refractivity contribution < 1.29 is 0 Å². The van der Waals surface area contributed by atoms with E-state index in [9.17, 15) is 0 Å². The van der Waals surface area contributed by atoms with E-state index < -0.39 is 0 Å². The Kier molecular flexibility index (Phi) is 2.07. The number of fused-ring (bicyclic) bond motifs is 3. The Labute approximate surface area is 94.8 Å². The Morgan fingerprint density at radius 2 is 2.19 bits per heavy atom. The highest BCUT2D eigenvalue weighted by atomic mass is 15.1. The molecule has 3 nitrogen and oxygen atoms in total. The van der Waals surface area contributed by atoms with Gasteiger partial charge in [-0.15, -0.1) is 0 Å². The van der Waals surface area contributed by atoms with Crippen molar-refractivity contribution in [3.05, 3.63) is 36.2 Å². The molecule has 0 radical (unpaired) electrons. The molecule has 0 bridgehead atoms. The fraction of sp³-hybridized carbons (Fsp3) is 0.308. The summed E-state index contributed by atoms with van der Waals surface area (Å²) in [5.74, 6) is 1.11. The highest BCUT2D eigenvalue weighted by molar-refractivity contribution is 5.82. The number of para-hydroxylation sites is 2. The van der Waals surface area contributed by atoms with E-state index in [-0.39, 0.29) is 0 Å². The van der Waals surface area contributed by atoms with Crippen molar-refractivity contribution in [3.8, 4) is 0 Å². The fourth-order valence-electron chi connectivity index (χ4n) is 2.29. The van der Waals surface area contributed by atoms with Gasteiger partial charge >= 0.3 is 0 Å². The molecular weight excluding hydrogens is 198 g/mol. The lowest BCUT2D eigenvalue weighted by atomic mass is 10.1. The van der Waals surface area contributed by atoms with Crippen LogP contribution in [0, 0.1) is 0 Å². The van der Waals surface area contributed by atoms with Gasteiger partial charge in [0.05, 0.1) is 11.0 Å². The fourth-order valence-corrected chi connectivity index (χ4v) is 2.29. The van der Waals surface area contributed by atoms with E-state index in [4.69, 9.17) is 4.98 Å². The second-order valence-corrected chi connectivity index (χ2v) is 4.20. The predicted octanol–water partition coefficient (Wildman–Crippen LogP) is 2.04. The quantitative estimate of drug-likeness (QED) is 0.827. The third-order valence-corrected chi connectivity index (χ3v) is 3.31. The molecule has 1 aromatic carbocycles. The SMILES string of the molecule is CN[C@H](C)C1=CCn2c1nc1ccccc12. The Balaban J connectivity index is 2.17. The van der Waals surface area contributed by atoms with Crippen molar-refractivity contribution in [3.63, 3.8) is 0 Å². The van der Waals surface area contributed by atoms with Gasteiger partial charge in [-0.2, -0.15) is 0 Å². The molecule has 0 amide bonds. The van der Waals surface area contributed by atoms with Crippen LogP contribution in [0.3, 0.4) is 0 Å². The zero-order valence-electron chi connectivity index (χ0n) is 9.57. The van der Waals surface area contributed by atoms with Crippen LogP contribution in [0.5, 0.6) is 0 Å². The maximum absolute atomic E-state index is 4.70. The molecule has 0 saturated carbocycles. The van der Waals surface area contributed by atoms with Crippen molar-refractivity contribution in [1.29, 1.82) is 0 Å². The van der Waals surface area contributed by atoms with Gasteiger partial charge in [0, 0.05) is 18.2 Å². The largest absolute Gasteiger partial charge is 0.320 e. The average Bonchev–Trinajstić information content (AvgIpc) is 2.86. The number of imidazole rings is 1. The molecule has 1 aliphatic rings. The molecule has 2 heterocycles. The summed E-state index contributed by atoms with van der Waals surface area (Å²) in [6, 6.07) is 8.67. The second-order valence-electron chi connectivity index (χ2n) is 4.20. The number of hydrogen-bond donors (Lipinski definition) is 1. The highest BCUT2D eigenvalue weighted by Crippen LogP contribution is 2.28. The average molecular weight is 213 g/mol. The summed E-state index contributed by atoms with van der Waals surface area (Å²) in [5, 5.41) is 3.27. The van der Waals surface area contributed by atoms with Crippen LogP contribution in [-0.2, 0) is 6.54 Å². The van der Waals surface area contributed by atoms with Gasteiger partial charge in [-0.1, -0.05) is 18.2 Å². The number of aromatic nitrogens is 2. The van der Waals surface area contributed by atoms with E-state index in [2.05, 4.69) is 41.1 Å². The summed E-state index contributed by atoms with van der Waals surface area (Å²) in [6.45, 7) is 3.11. The van der Waals surface area contributed by atoms with Crippen LogP contribution in [0.1, 0.15) is 12.7 Å². The van der Waals surface area contributed by atoms with Crippen LogP contribution in [0.4, 0.5) is 0 Å². The summed E-state index contributed by atoms with van der Waals surface area (Å²) in [4.78, 5) is 4.70. The lowest BCUT2D eigenvalue weighted by Gasteiger charge is -2.10. The summed E-state index contributed by atoms with van der Waals surface area (Å²) < 4.78 is 2.28. The molecule has 3 heteroatoms. The molecule has 0 unspecified atom stereocenters. The molecule has 1 atom stereocenters. The van der Waals surface area contributed by atoms with Crippen LogP contribution in [0.25, 0.3) is 16.6 Å². The van der Waals surface area contributed by atoms with Crippen LogP contribution in [-0.4, -0.2) is 22.6 Å². The number of rotatable bonds is 2. The van der Waals surface area contributed by atoms with Crippen LogP contribution < -0.4 is 5.32 Å². The van der Waals surface area contributed by atoms with Crippen molar-refractivity contribution in [1.82, 2.24) is 14.9 Å². The van der Waals surface area contributed by atoms with Crippen LogP contribution in [0.15, 0.2) is 30.3 Å². The number of nitrogens with one attached hydrogen (secondary N) is 1. The van der Waals surface area contributed by atoms with Gasteiger partial charge in [-0.05, 0) is 26.1 Å². The first kappa shape index (κ1) is 9.60. The van der Waals surface area contributed by atoms with E-state index in [0.29, 0.717) is 6.04 Å². The lowest BCUT2D eigenvalue weighted by molar-refractivity contribution is 0.740. The van der Waals surface area contributed by atoms with Crippen molar-refractivity contribution in [2.24, 2.45) is 0 Å². The number of benzene rings is 1. The maximum atomic E-state index is 4.70. The Hall–Kier alpha value is -1.61. The molecule has 0 aliphatic carbocycles. The zero-order valence-corrected chi connectivity index (χ0v) is 9.57. The summed E-state index contributed by atoms with van der Waals surface area (Å²) in [7, 11) is 1.98. The van der Waals surface area contributed by atoms with Gasteiger partial charge in [-0.3, -0.25) is 0 Å². The van der Waals surface area contributed by atoms with Crippen LogP contribution in [0.2, 0.25) is 0 Å². The first-order valence-corrected chi connectivity index (χ1v) is 5.64. The van der Waals surface area contributed by atoms with Gasteiger partial charge in [0.2, 0.25) is 0 Å². The topological polar surface area (TPSA) is 29.9 Å². The molecule has 1 aliphatic heterocycles. The molecule has 16 heavy (non-hydrogen) atoms. The number of allylic oxidation sites excluding steroid dienone is 1.